The van der Waals surface area contributed by atoms with Gasteiger partial charge in [-0.1, -0.05) is 41.6 Å². The number of azide groups is 1. The van der Waals surface area contributed by atoms with Gasteiger partial charge in [0.25, 0.3) is 0 Å². The molecular weight excluding hydrogens is 733 g/mol. The van der Waals surface area contributed by atoms with Gasteiger partial charge in [0, 0.05) is 80.7 Å². The third-order valence-electron chi connectivity index (χ3n) is 10.6. The first-order valence-electron chi connectivity index (χ1n) is 17.8. The molecule has 2 aromatic heterocycles. The number of anilines is 2. The summed E-state index contributed by atoms with van der Waals surface area (Å²) in [6.45, 7) is 3.06. The van der Waals surface area contributed by atoms with Crippen molar-refractivity contribution < 1.29 is 26.3 Å². The van der Waals surface area contributed by atoms with Crippen molar-refractivity contribution in [2.24, 2.45) is 5.11 Å². The summed E-state index contributed by atoms with van der Waals surface area (Å²) in [7, 11) is 0. The van der Waals surface area contributed by atoms with Gasteiger partial charge in [0.2, 0.25) is 0 Å². The molecule has 6 heterocycles. The maximum Gasteiger partial charge on any atom is 0.416 e. The second-order valence-corrected chi connectivity index (χ2v) is 13.9. The number of nitrogens with zero attached hydrogens (tertiary/aromatic N) is 6. The topological polar surface area (TPSA) is 106 Å². The third-order valence-corrected chi connectivity index (χ3v) is 10.6. The summed E-state index contributed by atoms with van der Waals surface area (Å²) >= 11 is 0. The minimum absolute atomic E-state index is 0.133. The van der Waals surface area contributed by atoms with Gasteiger partial charge in [0.1, 0.15) is 23.5 Å². The molecule has 282 valence electrons. The van der Waals surface area contributed by atoms with Gasteiger partial charge in [-0.2, -0.15) is 26.3 Å². The molecule has 1 unspecified atom stereocenters. The van der Waals surface area contributed by atoms with E-state index in [0.717, 1.165) is 68.6 Å². The molecule has 2 aromatic carbocycles. The monoisotopic (exact) mass is 763 g/mol. The molecule has 1 atom stereocenters. The van der Waals surface area contributed by atoms with Crippen LogP contribution in [0.15, 0.2) is 119 Å². The molecule has 0 spiro atoms. The van der Waals surface area contributed by atoms with Crippen molar-refractivity contribution in [3.63, 3.8) is 0 Å². The number of fused-ring (bicyclic) bond motifs is 5. The Kier molecular flexibility index (Phi) is 8.16. The summed E-state index contributed by atoms with van der Waals surface area (Å²) in [5, 5.41) is 15.1. The van der Waals surface area contributed by atoms with Crippen LogP contribution in [0.5, 0.6) is 0 Å². The maximum atomic E-state index is 13.4. The second kappa shape index (κ2) is 13.0. The van der Waals surface area contributed by atoms with E-state index in [1.165, 1.54) is 18.2 Å². The molecule has 9 rings (SSSR count). The standard InChI is InChI=1S/C41H31F6N9/c1-22-16-32(24-18-34-30-5-3-15-50-37(30)56(39(34)52-21-24)28-12-8-26(9-13-28)41(45,46)47)35(53-54-48)19-31(22)23-17-33-29-4-2-14-49-36(29)55(38(33)51-20-23)27-10-6-25(7-11-27)40(42,43)44/h2-8,10-12,16-21,38,49-51H,9,13-15H2,1H3. The largest absolute Gasteiger partial charge is 0.416 e. The fourth-order valence-electron chi connectivity index (χ4n) is 8.02. The Hall–Kier alpha value is -6.60. The summed E-state index contributed by atoms with van der Waals surface area (Å²) in [5.74, 6) is 1.52. The molecular formula is C41H31F6N9. The van der Waals surface area contributed by atoms with Crippen LogP contribution in [0.25, 0.3) is 49.9 Å². The predicted octanol–water partition coefficient (Wildman–Crippen LogP) is 10.6. The highest BCUT2D eigenvalue weighted by atomic mass is 19.4. The molecule has 15 heteroatoms. The molecule has 0 fully saturated rings. The van der Waals surface area contributed by atoms with Gasteiger partial charge < -0.3 is 20.9 Å². The second-order valence-electron chi connectivity index (χ2n) is 13.9. The van der Waals surface area contributed by atoms with Crippen molar-refractivity contribution in [2.75, 3.05) is 23.3 Å². The number of dihydropyridines is 2. The SMILES string of the molecule is Cc1cc(-c2cnc3c(c2)c2c(n3C3=CC=C(C(F)(F)F)CC3)NCC=C2)c(N=[N+]=[N-])cc1C1=CNC2C(=C1)C1=C(NCC=C1)N2c1ccc(C(F)(F)F)cc1. The van der Waals surface area contributed by atoms with Gasteiger partial charge in [-0.15, -0.1) is 0 Å². The van der Waals surface area contributed by atoms with Crippen molar-refractivity contribution in [2.45, 2.75) is 38.3 Å². The average molecular weight is 764 g/mol. The number of pyridine rings is 1. The smallest absolute Gasteiger partial charge is 0.367 e. The van der Waals surface area contributed by atoms with E-state index in [1.54, 1.807) is 6.20 Å². The van der Waals surface area contributed by atoms with E-state index in [4.69, 9.17) is 4.98 Å². The van der Waals surface area contributed by atoms with Crippen LogP contribution in [0.4, 0.5) is 43.5 Å². The Morgan fingerprint density at radius 2 is 1.70 bits per heavy atom. The van der Waals surface area contributed by atoms with E-state index in [0.29, 0.717) is 46.9 Å². The molecule has 0 saturated heterocycles. The van der Waals surface area contributed by atoms with Crippen molar-refractivity contribution in [3.05, 3.63) is 147 Å². The first kappa shape index (κ1) is 35.1. The number of allylic oxidation sites excluding steroid dienone is 7. The minimum Gasteiger partial charge on any atom is -0.367 e. The number of nitrogens with one attached hydrogen (secondary N) is 3. The van der Waals surface area contributed by atoms with Gasteiger partial charge in [0.05, 0.1) is 5.56 Å². The van der Waals surface area contributed by atoms with Crippen LogP contribution in [0.3, 0.4) is 0 Å². The van der Waals surface area contributed by atoms with Crippen LogP contribution < -0.4 is 20.9 Å². The summed E-state index contributed by atoms with van der Waals surface area (Å²) < 4.78 is 82.2. The first-order valence-corrected chi connectivity index (χ1v) is 17.8. The molecule has 5 aliphatic rings. The third kappa shape index (κ3) is 5.82. The number of aromatic nitrogens is 2. The molecule has 1 aliphatic carbocycles. The lowest BCUT2D eigenvalue weighted by Gasteiger charge is -2.32. The summed E-state index contributed by atoms with van der Waals surface area (Å²) in [6.07, 6.45) is 6.98. The molecule has 56 heavy (non-hydrogen) atoms. The Morgan fingerprint density at radius 1 is 0.911 bits per heavy atom. The Bertz CT molecular complexity index is 2610. The Labute approximate surface area is 316 Å². The molecule has 0 amide bonds. The number of aryl methyl sites for hydroxylation is 1. The van der Waals surface area contributed by atoms with Gasteiger partial charge in [-0.3, -0.25) is 4.57 Å². The Morgan fingerprint density at radius 3 is 2.43 bits per heavy atom. The minimum atomic E-state index is -4.45. The van der Waals surface area contributed by atoms with E-state index in [1.807, 2.05) is 71.2 Å². The molecule has 0 radical (unpaired) electrons. The van der Waals surface area contributed by atoms with E-state index in [9.17, 15) is 31.9 Å². The van der Waals surface area contributed by atoms with E-state index in [-0.39, 0.29) is 12.8 Å². The van der Waals surface area contributed by atoms with Gasteiger partial charge >= 0.3 is 12.4 Å². The molecule has 0 saturated carbocycles. The van der Waals surface area contributed by atoms with Crippen LogP contribution in [0, 0.1) is 6.92 Å². The highest BCUT2D eigenvalue weighted by Gasteiger charge is 2.39. The van der Waals surface area contributed by atoms with Gasteiger partial charge in [-0.25, -0.2) is 4.98 Å². The Balaban J connectivity index is 1.09. The lowest BCUT2D eigenvalue weighted by Crippen LogP contribution is -2.44. The fraction of sp³-hybridized carbons (Fsp3) is 0.195. The first-order chi connectivity index (χ1) is 26.9. The highest BCUT2D eigenvalue weighted by Crippen LogP contribution is 2.45. The molecule has 0 bridgehead atoms. The quantitative estimate of drug-likeness (QED) is 0.0812. The van der Waals surface area contributed by atoms with Crippen LogP contribution in [-0.4, -0.2) is 35.0 Å². The van der Waals surface area contributed by atoms with Crippen molar-refractivity contribution >= 4 is 45.6 Å². The van der Waals surface area contributed by atoms with Crippen molar-refractivity contribution in [1.29, 1.82) is 0 Å². The number of rotatable bonds is 5. The maximum absolute atomic E-state index is 13.4. The van der Waals surface area contributed by atoms with Crippen LogP contribution >= 0.6 is 0 Å². The van der Waals surface area contributed by atoms with Crippen LogP contribution in [-0.2, 0) is 6.18 Å². The van der Waals surface area contributed by atoms with Crippen LogP contribution in [0.1, 0.15) is 35.1 Å². The number of halogens is 6. The highest BCUT2D eigenvalue weighted by molar-refractivity contribution is 6.00. The molecule has 4 aromatic rings. The zero-order chi connectivity index (χ0) is 38.9. The molecule has 4 aliphatic heterocycles. The lowest BCUT2D eigenvalue weighted by molar-refractivity contribution is -0.137. The van der Waals surface area contributed by atoms with E-state index in [2.05, 4.69) is 26.0 Å². The normalized spacial score (nSPS) is 18.8. The zero-order valence-corrected chi connectivity index (χ0v) is 29.6. The van der Waals surface area contributed by atoms with Crippen molar-refractivity contribution in [3.8, 4) is 11.1 Å². The van der Waals surface area contributed by atoms with Crippen molar-refractivity contribution in [1.82, 2.24) is 20.2 Å². The van der Waals surface area contributed by atoms with Crippen LogP contribution in [0.2, 0.25) is 0 Å². The van der Waals surface area contributed by atoms with E-state index < -0.39 is 29.7 Å². The fourth-order valence-corrected chi connectivity index (χ4v) is 8.02. The zero-order valence-electron chi connectivity index (χ0n) is 29.6. The molecule has 9 nitrogen and oxygen atoms in total. The van der Waals surface area contributed by atoms with Gasteiger partial charge in [0.15, 0.2) is 0 Å². The average Bonchev–Trinajstić information content (AvgIpc) is 3.70. The number of benzene rings is 2. The summed E-state index contributed by atoms with van der Waals surface area (Å²) in [6, 6.07) is 10.8. The molecule has 3 N–H and O–H groups in total. The number of alkyl halides is 6. The lowest BCUT2D eigenvalue weighted by atomic mass is 9.91. The summed E-state index contributed by atoms with van der Waals surface area (Å²) in [4.78, 5) is 9.91. The van der Waals surface area contributed by atoms with Gasteiger partial charge in [-0.05, 0) is 96.1 Å². The number of hydrogen-bond donors (Lipinski definition) is 3. The summed E-state index contributed by atoms with van der Waals surface area (Å²) in [5.41, 5.74) is 17.1. The predicted molar refractivity (Wildman–Crippen MR) is 205 cm³/mol. The van der Waals surface area contributed by atoms with E-state index >= 15 is 0 Å². The number of hydrogen-bond acceptors (Lipinski definition) is 6.